The Balaban J connectivity index is 2.60. The number of unbranched alkanes of at least 4 members (excludes halogenated alkanes) is 1. The largest absolute Gasteiger partial charge is 0.494 e. The molecular formula is C17H28O2. The smallest absolute Gasteiger partial charge is 0.119 e. The summed E-state index contributed by atoms with van der Waals surface area (Å²) in [6, 6.07) is 7.84. The second kappa shape index (κ2) is 8.98. The molecule has 0 aromatic heterocycles. The molecule has 0 amide bonds. The lowest BCUT2D eigenvalue weighted by Crippen LogP contribution is -2.07. The van der Waals surface area contributed by atoms with Gasteiger partial charge in [-0.3, -0.25) is 0 Å². The van der Waals surface area contributed by atoms with E-state index in [4.69, 9.17) is 4.74 Å². The highest BCUT2D eigenvalue weighted by atomic mass is 16.5. The number of aliphatic hydroxyl groups is 1. The summed E-state index contributed by atoms with van der Waals surface area (Å²) < 4.78 is 5.48. The Morgan fingerprint density at radius 1 is 1.21 bits per heavy atom. The number of rotatable bonds is 9. The Morgan fingerprint density at radius 2 is 2.00 bits per heavy atom. The summed E-state index contributed by atoms with van der Waals surface area (Å²) in [5, 5.41) is 10.4. The molecule has 0 heterocycles. The molecule has 0 aliphatic heterocycles. The summed E-state index contributed by atoms with van der Waals surface area (Å²) in [6.45, 7) is 7.06. The summed E-state index contributed by atoms with van der Waals surface area (Å²) in [7, 11) is 0. The van der Waals surface area contributed by atoms with Crippen molar-refractivity contribution in [1.82, 2.24) is 0 Å². The molecule has 0 saturated heterocycles. The summed E-state index contributed by atoms with van der Waals surface area (Å²) >= 11 is 0. The van der Waals surface area contributed by atoms with Gasteiger partial charge in [0, 0.05) is 0 Å². The van der Waals surface area contributed by atoms with Gasteiger partial charge >= 0.3 is 0 Å². The Hall–Kier alpha value is -1.02. The van der Waals surface area contributed by atoms with E-state index in [1.807, 2.05) is 31.2 Å². The fraction of sp³-hybridized carbons (Fsp3) is 0.647. The van der Waals surface area contributed by atoms with Crippen molar-refractivity contribution >= 4 is 0 Å². The van der Waals surface area contributed by atoms with Crippen LogP contribution in [0.15, 0.2) is 24.3 Å². The topological polar surface area (TPSA) is 29.5 Å². The van der Waals surface area contributed by atoms with Crippen molar-refractivity contribution in [2.24, 2.45) is 5.92 Å². The summed E-state index contributed by atoms with van der Waals surface area (Å²) in [5.41, 5.74) is 0.973. The maximum atomic E-state index is 10.4. The number of ether oxygens (including phenoxy) is 1. The number of hydrogen-bond donors (Lipinski definition) is 1. The number of benzene rings is 1. The summed E-state index contributed by atoms with van der Waals surface area (Å²) in [4.78, 5) is 0. The van der Waals surface area contributed by atoms with Crippen molar-refractivity contribution in [3.05, 3.63) is 29.8 Å². The first-order valence-electron chi connectivity index (χ1n) is 7.62. The second-order valence-corrected chi connectivity index (χ2v) is 5.17. The standard InChI is InChI=1S/C17H28O2/c1-4-7-9-14(5-2)12-17(18)15-10-8-11-16(13-15)19-6-3/h8,10-11,13-14,17-18H,4-7,9,12H2,1-3H3. The fourth-order valence-electron chi connectivity index (χ4n) is 2.41. The second-order valence-electron chi connectivity index (χ2n) is 5.17. The van der Waals surface area contributed by atoms with Crippen LogP contribution in [-0.4, -0.2) is 11.7 Å². The quantitative estimate of drug-likeness (QED) is 0.699. The third kappa shape index (κ3) is 5.65. The van der Waals surface area contributed by atoms with E-state index in [0.29, 0.717) is 12.5 Å². The highest BCUT2D eigenvalue weighted by molar-refractivity contribution is 5.29. The lowest BCUT2D eigenvalue weighted by atomic mass is 9.90. The monoisotopic (exact) mass is 264 g/mol. The predicted octanol–water partition coefficient (Wildman–Crippen LogP) is 4.73. The van der Waals surface area contributed by atoms with E-state index in [9.17, 15) is 5.11 Å². The average Bonchev–Trinajstić information content (AvgIpc) is 2.44. The average molecular weight is 264 g/mol. The first-order chi connectivity index (χ1) is 9.21. The van der Waals surface area contributed by atoms with Gasteiger partial charge in [0.2, 0.25) is 0 Å². The van der Waals surface area contributed by atoms with Crippen LogP contribution in [-0.2, 0) is 0 Å². The maximum Gasteiger partial charge on any atom is 0.119 e. The van der Waals surface area contributed by atoms with E-state index in [-0.39, 0.29) is 6.10 Å². The minimum atomic E-state index is -0.373. The van der Waals surface area contributed by atoms with Crippen LogP contribution in [0.3, 0.4) is 0 Å². The van der Waals surface area contributed by atoms with Crippen LogP contribution in [0.5, 0.6) is 5.75 Å². The Bertz CT molecular complexity index is 349. The molecule has 2 nitrogen and oxygen atoms in total. The molecule has 1 rings (SSSR count). The molecule has 0 aliphatic rings. The van der Waals surface area contributed by atoms with Gasteiger partial charge in [0.1, 0.15) is 5.75 Å². The molecule has 2 heteroatoms. The van der Waals surface area contributed by atoms with Gasteiger partial charge in [-0.2, -0.15) is 0 Å². The van der Waals surface area contributed by atoms with E-state index >= 15 is 0 Å². The minimum absolute atomic E-state index is 0.373. The molecule has 108 valence electrons. The summed E-state index contributed by atoms with van der Waals surface area (Å²) in [6.07, 6.45) is 5.32. The Morgan fingerprint density at radius 3 is 2.63 bits per heavy atom. The van der Waals surface area contributed by atoms with Gasteiger partial charge in [-0.25, -0.2) is 0 Å². The summed E-state index contributed by atoms with van der Waals surface area (Å²) in [5.74, 6) is 1.46. The van der Waals surface area contributed by atoms with Crippen LogP contribution < -0.4 is 4.74 Å². The van der Waals surface area contributed by atoms with Gasteiger partial charge in [0.05, 0.1) is 12.7 Å². The van der Waals surface area contributed by atoms with Crippen molar-refractivity contribution in [2.75, 3.05) is 6.61 Å². The molecule has 0 radical (unpaired) electrons. The molecule has 0 bridgehead atoms. The van der Waals surface area contributed by atoms with Crippen molar-refractivity contribution in [1.29, 1.82) is 0 Å². The van der Waals surface area contributed by atoms with Gasteiger partial charge in [-0.1, -0.05) is 51.7 Å². The first kappa shape index (κ1) is 16.0. The van der Waals surface area contributed by atoms with Crippen LogP contribution in [0.25, 0.3) is 0 Å². The van der Waals surface area contributed by atoms with Gasteiger partial charge < -0.3 is 9.84 Å². The Labute approximate surface area is 117 Å². The molecule has 2 unspecified atom stereocenters. The zero-order chi connectivity index (χ0) is 14.1. The van der Waals surface area contributed by atoms with E-state index in [0.717, 1.165) is 24.2 Å². The van der Waals surface area contributed by atoms with Crippen LogP contribution in [0.4, 0.5) is 0 Å². The van der Waals surface area contributed by atoms with Crippen molar-refractivity contribution in [3.8, 4) is 5.75 Å². The molecule has 2 atom stereocenters. The van der Waals surface area contributed by atoms with Gasteiger partial charge in [-0.05, 0) is 37.0 Å². The Kier molecular flexibility index (Phi) is 7.57. The van der Waals surface area contributed by atoms with Crippen LogP contribution in [0, 0.1) is 5.92 Å². The highest BCUT2D eigenvalue weighted by Gasteiger charge is 2.15. The zero-order valence-corrected chi connectivity index (χ0v) is 12.6. The maximum absolute atomic E-state index is 10.4. The molecule has 1 aromatic carbocycles. The molecule has 0 aliphatic carbocycles. The fourth-order valence-corrected chi connectivity index (χ4v) is 2.41. The normalized spacial score (nSPS) is 14.1. The first-order valence-corrected chi connectivity index (χ1v) is 7.62. The van der Waals surface area contributed by atoms with Gasteiger partial charge in [0.25, 0.3) is 0 Å². The molecule has 0 saturated carbocycles. The zero-order valence-electron chi connectivity index (χ0n) is 12.6. The van der Waals surface area contributed by atoms with Gasteiger partial charge in [0.15, 0.2) is 0 Å². The van der Waals surface area contributed by atoms with Crippen LogP contribution in [0.1, 0.15) is 64.5 Å². The van der Waals surface area contributed by atoms with Crippen molar-refractivity contribution in [2.45, 2.75) is 59.0 Å². The lowest BCUT2D eigenvalue weighted by Gasteiger charge is -2.19. The van der Waals surface area contributed by atoms with Crippen LogP contribution >= 0.6 is 0 Å². The van der Waals surface area contributed by atoms with Crippen molar-refractivity contribution < 1.29 is 9.84 Å². The van der Waals surface area contributed by atoms with Gasteiger partial charge in [-0.15, -0.1) is 0 Å². The third-order valence-corrected chi connectivity index (χ3v) is 3.65. The van der Waals surface area contributed by atoms with E-state index in [1.165, 1.54) is 19.3 Å². The molecule has 1 N–H and O–H groups in total. The van der Waals surface area contributed by atoms with Crippen LogP contribution in [0.2, 0.25) is 0 Å². The third-order valence-electron chi connectivity index (χ3n) is 3.65. The van der Waals surface area contributed by atoms with E-state index in [2.05, 4.69) is 13.8 Å². The lowest BCUT2D eigenvalue weighted by molar-refractivity contribution is 0.138. The SMILES string of the molecule is CCCCC(CC)CC(O)c1cccc(OCC)c1. The molecule has 0 fully saturated rings. The molecule has 0 spiro atoms. The predicted molar refractivity (Wildman–Crippen MR) is 80.5 cm³/mol. The van der Waals surface area contributed by atoms with Crippen molar-refractivity contribution in [3.63, 3.8) is 0 Å². The highest BCUT2D eigenvalue weighted by Crippen LogP contribution is 2.28. The molecular weight excluding hydrogens is 236 g/mol. The number of aliphatic hydroxyl groups excluding tert-OH is 1. The minimum Gasteiger partial charge on any atom is -0.494 e. The van der Waals surface area contributed by atoms with E-state index in [1.54, 1.807) is 0 Å². The molecule has 19 heavy (non-hydrogen) atoms. The molecule has 1 aromatic rings. The number of hydrogen-bond acceptors (Lipinski definition) is 2. The van der Waals surface area contributed by atoms with E-state index < -0.39 is 0 Å².